The van der Waals surface area contributed by atoms with E-state index in [0.717, 1.165) is 12.0 Å². The second-order valence-corrected chi connectivity index (χ2v) is 12.0. The number of amides is 1. The molecule has 0 aliphatic carbocycles. The number of carbonyl (C=O) groups is 1. The van der Waals surface area contributed by atoms with Crippen LogP contribution >= 0.6 is 11.8 Å². The molecule has 0 saturated carbocycles. The number of thioether (sulfide) groups is 1. The molecule has 2 atom stereocenters. The second-order valence-electron chi connectivity index (χ2n) is 8.51. The van der Waals surface area contributed by atoms with Crippen LogP contribution < -0.4 is 5.56 Å². The molecule has 1 amide bonds. The summed E-state index contributed by atoms with van der Waals surface area (Å²) in [5.41, 5.74) is 2.24. The molecule has 7 nitrogen and oxygen atoms in total. The van der Waals surface area contributed by atoms with E-state index in [2.05, 4.69) is 6.92 Å². The minimum atomic E-state index is -3.11. The number of aromatic nitrogens is 2. The first-order chi connectivity index (χ1) is 16.2. The Morgan fingerprint density at radius 1 is 1.18 bits per heavy atom. The molecular weight excluding hydrogens is 470 g/mol. The first kappa shape index (κ1) is 24.5. The van der Waals surface area contributed by atoms with Crippen LogP contribution in [0.15, 0.2) is 58.5 Å². The maximum atomic E-state index is 13.5. The van der Waals surface area contributed by atoms with E-state index in [9.17, 15) is 18.0 Å². The van der Waals surface area contributed by atoms with Crippen molar-refractivity contribution in [2.24, 2.45) is 0 Å². The highest BCUT2D eigenvalue weighted by Gasteiger charge is 2.35. The van der Waals surface area contributed by atoms with Gasteiger partial charge in [0.05, 0.1) is 33.3 Å². The van der Waals surface area contributed by atoms with E-state index in [4.69, 9.17) is 4.98 Å². The fourth-order valence-electron chi connectivity index (χ4n) is 4.36. The molecule has 1 fully saturated rings. The van der Waals surface area contributed by atoms with E-state index in [0.29, 0.717) is 34.7 Å². The van der Waals surface area contributed by atoms with E-state index in [1.807, 2.05) is 43.3 Å². The Bertz CT molecular complexity index is 1370. The standard InChI is InChI=1S/C25H29N3O4S2/c1-4-18-10-12-19(13-11-18)28-24(30)21-8-6-7-9-22(21)26-25(28)33-17(3)23(29)27(5-2)20-14-15-34(31,32)16-20/h6-13,17,20H,4-5,14-16H2,1-3H3/t17-,20+/m0/s1. The number of fused-ring (bicyclic) bond motifs is 1. The van der Waals surface area contributed by atoms with Crippen LogP contribution in [-0.4, -0.2) is 58.1 Å². The Kier molecular flexibility index (Phi) is 7.14. The first-order valence-electron chi connectivity index (χ1n) is 11.5. The molecule has 0 radical (unpaired) electrons. The second kappa shape index (κ2) is 9.92. The fraction of sp³-hybridized carbons (Fsp3) is 0.400. The van der Waals surface area contributed by atoms with E-state index >= 15 is 0 Å². The Morgan fingerprint density at radius 2 is 1.88 bits per heavy atom. The predicted molar refractivity (Wildman–Crippen MR) is 136 cm³/mol. The number of hydrogen-bond acceptors (Lipinski definition) is 6. The lowest BCUT2D eigenvalue weighted by atomic mass is 10.1. The summed E-state index contributed by atoms with van der Waals surface area (Å²) in [7, 11) is -3.11. The maximum Gasteiger partial charge on any atom is 0.266 e. The number of para-hydroxylation sites is 1. The number of rotatable bonds is 7. The van der Waals surface area contributed by atoms with Gasteiger partial charge in [-0.15, -0.1) is 0 Å². The highest BCUT2D eigenvalue weighted by Crippen LogP contribution is 2.28. The Balaban J connectivity index is 1.71. The third kappa shape index (κ3) is 4.90. The molecule has 0 N–H and O–H groups in total. The largest absolute Gasteiger partial charge is 0.338 e. The lowest BCUT2D eigenvalue weighted by Gasteiger charge is -2.29. The molecule has 2 aromatic carbocycles. The number of sulfone groups is 1. The molecule has 34 heavy (non-hydrogen) atoms. The minimum absolute atomic E-state index is 0.00662. The van der Waals surface area contributed by atoms with Crippen LogP contribution in [0, 0.1) is 0 Å². The van der Waals surface area contributed by atoms with Crippen LogP contribution in [0.4, 0.5) is 0 Å². The Morgan fingerprint density at radius 3 is 2.50 bits per heavy atom. The molecule has 0 spiro atoms. The molecule has 1 aliphatic rings. The van der Waals surface area contributed by atoms with Crippen LogP contribution in [0.5, 0.6) is 0 Å². The third-order valence-electron chi connectivity index (χ3n) is 6.25. The van der Waals surface area contributed by atoms with Gasteiger partial charge < -0.3 is 4.90 Å². The van der Waals surface area contributed by atoms with Gasteiger partial charge in [0.15, 0.2) is 15.0 Å². The molecule has 4 rings (SSSR count). The van der Waals surface area contributed by atoms with Crippen molar-refractivity contribution >= 4 is 38.4 Å². The highest BCUT2D eigenvalue weighted by atomic mass is 32.2. The van der Waals surface area contributed by atoms with Crippen molar-refractivity contribution in [3.63, 3.8) is 0 Å². The molecule has 9 heteroatoms. The number of benzene rings is 2. The van der Waals surface area contributed by atoms with Crippen molar-refractivity contribution in [3.8, 4) is 5.69 Å². The van der Waals surface area contributed by atoms with Gasteiger partial charge in [0.2, 0.25) is 5.91 Å². The molecule has 1 aliphatic heterocycles. The van der Waals surface area contributed by atoms with E-state index in [1.165, 1.54) is 11.8 Å². The average molecular weight is 500 g/mol. The average Bonchev–Trinajstić information content (AvgIpc) is 3.19. The third-order valence-corrected chi connectivity index (χ3v) is 9.04. The van der Waals surface area contributed by atoms with Gasteiger partial charge in [0, 0.05) is 12.6 Å². The molecule has 3 aromatic rings. The predicted octanol–water partition coefficient (Wildman–Crippen LogP) is 3.46. The van der Waals surface area contributed by atoms with Gasteiger partial charge in [0.25, 0.3) is 5.56 Å². The van der Waals surface area contributed by atoms with Crippen molar-refractivity contribution in [2.75, 3.05) is 18.1 Å². The van der Waals surface area contributed by atoms with Gasteiger partial charge in [0.1, 0.15) is 0 Å². The molecule has 2 heterocycles. The summed E-state index contributed by atoms with van der Waals surface area (Å²) >= 11 is 1.23. The number of hydrogen-bond donors (Lipinski definition) is 0. The smallest absolute Gasteiger partial charge is 0.266 e. The van der Waals surface area contributed by atoms with Crippen molar-refractivity contribution < 1.29 is 13.2 Å². The summed E-state index contributed by atoms with van der Waals surface area (Å²) in [6.45, 7) is 6.15. The summed E-state index contributed by atoms with van der Waals surface area (Å²) < 4.78 is 25.5. The van der Waals surface area contributed by atoms with Gasteiger partial charge in [-0.1, -0.05) is 43.0 Å². The Hall–Kier alpha value is -2.65. The van der Waals surface area contributed by atoms with Crippen LogP contribution in [-0.2, 0) is 21.1 Å². The van der Waals surface area contributed by atoms with Gasteiger partial charge in [-0.2, -0.15) is 0 Å². The monoisotopic (exact) mass is 499 g/mol. The summed E-state index contributed by atoms with van der Waals surface area (Å²) in [6.07, 6.45) is 1.35. The van der Waals surface area contributed by atoms with E-state index in [1.54, 1.807) is 28.5 Å². The fourth-order valence-corrected chi connectivity index (χ4v) is 7.08. The quantitative estimate of drug-likeness (QED) is 0.365. The SMILES string of the molecule is CCc1ccc(-n2c(S[C@@H](C)C(=O)N(CC)[C@@H]3CCS(=O)(=O)C3)nc3ccccc3c2=O)cc1. The zero-order valence-corrected chi connectivity index (χ0v) is 21.2. The first-order valence-corrected chi connectivity index (χ1v) is 14.2. The summed E-state index contributed by atoms with van der Waals surface area (Å²) in [5, 5.41) is 0.401. The number of nitrogens with zero attached hydrogens (tertiary/aromatic N) is 3. The van der Waals surface area contributed by atoms with Gasteiger partial charge >= 0.3 is 0 Å². The van der Waals surface area contributed by atoms with Crippen LogP contribution in [0.25, 0.3) is 16.6 Å². The van der Waals surface area contributed by atoms with Gasteiger partial charge in [-0.05, 0) is 56.5 Å². The van der Waals surface area contributed by atoms with Crippen molar-refractivity contribution in [3.05, 3.63) is 64.4 Å². The molecular formula is C25H29N3O4S2. The van der Waals surface area contributed by atoms with Crippen LogP contribution in [0.1, 0.15) is 32.8 Å². The Labute approximate surface area is 204 Å². The lowest BCUT2D eigenvalue weighted by molar-refractivity contribution is -0.131. The molecule has 0 unspecified atom stereocenters. The highest BCUT2D eigenvalue weighted by molar-refractivity contribution is 8.00. The topological polar surface area (TPSA) is 89.3 Å². The van der Waals surface area contributed by atoms with Crippen molar-refractivity contribution in [1.29, 1.82) is 0 Å². The lowest BCUT2D eigenvalue weighted by Crippen LogP contribution is -2.44. The van der Waals surface area contributed by atoms with Crippen LogP contribution in [0.2, 0.25) is 0 Å². The normalized spacial score (nSPS) is 18.1. The summed E-state index contributed by atoms with van der Waals surface area (Å²) in [4.78, 5) is 33.2. The maximum absolute atomic E-state index is 13.5. The number of carbonyl (C=O) groups excluding carboxylic acids is 1. The van der Waals surface area contributed by atoms with Crippen molar-refractivity contribution in [1.82, 2.24) is 14.5 Å². The van der Waals surface area contributed by atoms with Gasteiger partial charge in [-0.25, -0.2) is 13.4 Å². The number of aryl methyl sites for hydroxylation is 1. The zero-order chi connectivity index (χ0) is 24.5. The minimum Gasteiger partial charge on any atom is -0.338 e. The van der Waals surface area contributed by atoms with E-state index in [-0.39, 0.29) is 29.0 Å². The molecule has 1 saturated heterocycles. The summed E-state index contributed by atoms with van der Waals surface area (Å²) in [5.74, 6) is -0.0280. The molecule has 1 aromatic heterocycles. The molecule has 180 valence electrons. The van der Waals surface area contributed by atoms with E-state index < -0.39 is 15.1 Å². The van der Waals surface area contributed by atoms with Crippen LogP contribution in [0.3, 0.4) is 0 Å². The summed E-state index contributed by atoms with van der Waals surface area (Å²) in [6, 6.07) is 14.6. The van der Waals surface area contributed by atoms with Crippen molar-refractivity contribution in [2.45, 2.75) is 50.1 Å². The zero-order valence-electron chi connectivity index (χ0n) is 19.6. The molecule has 0 bridgehead atoms. The van der Waals surface area contributed by atoms with Gasteiger partial charge in [-0.3, -0.25) is 14.2 Å².